The number of azo groups is 1. The van der Waals surface area contributed by atoms with Crippen molar-refractivity contribution in [2.45, 2.75) is 6.92 Å². The van der Waals surface area contributed by atoms with Gasteiger partial charge in [0.05, 0.1) is 5.02 Å². The lowest BCUT2D eigenvalue weighted by molar-refractivity contribution is -0.113. The lowest BCUT2D eigenvalue weighted by atomic mass is 10.3. The summed E-state index contributed by atoms with van der Waals surface area (Å²) in [6.07, 6.45) is 0.614. The molecule has 0 aliphatic rings. The minimum Gasteiger partial charge on any atom is -0.513 e. The van der Waals surface area contributed by atoms with Crippen molar-refractivity contribution >= 4 is 23.1 Å². The van der Waals surface area contributed by atoms with Gasteiger partial charge in [-0.25, -0.2) is 0 Å². The van der Waals surface area contributed by atoms with Crippen LogP contribution in [0.4, 0.5) is 5.69 Å². The summed E-state index contributed by atoms with van der Waals surface area (Å²) in [5.41, 5.74) is 0.328. The summed E-state index contributed by atoms with van der Waals surface area (Å²) in [4.78, 5) is 10.9. The van der Waals surface area contributed by atoms with E-state index in [1.165, 1.54) is 6.92 Å². The van der Waals surface area contributed by atoms with Gasteiger partial charge in [-0.15, -0.1) is 10.2 Å². The molecule has 0 bridgehead atoms. The summed E-state index contributed by atoms with van der Waals surface area (Å²) in [5.74, 6) is -0.367. The van der Waals surface area contributed by atoms with Gasteiger partial charge >= 0.3 is 0 Å². The lowest BCUT2D eigenvalue weighted by Crippen LogP contribution is -1.91. The Hall–Kier alpha value is -1.68. The molecule has 0 radical (unpaired) electrons. The topological polar surface area (TPSA) is 62.0 Å². The number of halogens is 1. The highest BCUT2D eigenvalue weighted by molar-refractivity contribution is 6.32. The maximum Gasteiger partial charge on any atom is 0.183 e. The van der Waals surface area contributed by atoms with Gasteiger partial charge in [-0.2, -0.15) is 0 Å². The highest BCUT2D eigenvalue weighted by atomic mass is 35.5. The minimum atomic E-state index is -0.367. The first-order valence-electron chi connectivity index (χ1n) is 4.16. The molecule has 0 amide bonds. The van der Waals surface area contributed by atoms with Crippen molar-refractivity contribution < 1.29 is 9.90 Å². The van der Waals surface area contributed by atoms with E-state index in [2.05, 4.69) is 10.2 Å². The highest BCUT2D eigenvalue weighted by Crippen LogP contribution is 2.24. The van der Waals surface area contributed by atoms with Gasteiger partial charge in [0, 0.05) is 6.92 Å². The molecule has 0 aliphatic carbocycles. The van der Waals surface area contributed by atoms with Crippen molar-refractivity contribution in [2.24, 2.45) is 10.2 Å². The van der Waals surface area contributed by atoms with E-state index >= 15 is 0 Å². The third kappa shape index (κ3) is 3.18. The van der Waals surface area contributed by atoms with E-state index in [1.54, 1.807) is 24.3 Å². The molecule has 78 valence electrons. The Morgan fingerprint density at radius 1 is 1.47 bits per heavy atom. The van der Waals surface area contributed by atoms with E-state index in [0.717, 1.165) is 0 Å². The van der Waals surface area contributed by atoms with Crippen LogP contribution in [0.3, 0.4) is 0 Å². The van der Waals surface area contributed by atoms with Crippen molar-refractivity contribution in [3.05, 3.63) is 41.2 Å². The Labute approximate surface area is 91.9 Å². The zero-order valence-electron chi connectivity index (χ0n) is 8.01. The van der Waals surface area contributed by atoms with Crippen LogP contribution < -0.4 is 0 Å². The zero-order valence-corrected chi connectivity index (χ0v) is 8.77. The standard InChI is InChI=1S/C10H9ClN2O2/c1-7(15)10(6-14)13-12-9-5-3-2-4-8(9)11/h2-6,14H,1H3/b10-6+,13-12?. The summed E-state index contributed by atoms with van der Waals surface area (Å²) < 4.78 is 0. The van der Waals surface area contributed by atoms with Gasteiger partial charge in [0.1, 0.15) is 11.9 Å². The van der Waals surface area contributed by atoms with Crippen LogP contribution in [0.15, 0.2) is 46.5 Å². The van der Waals surface area contributed by atoms with Crippen molar-refractivity contribution in [1.82, 2.24) is 0 Å². The maximum atomic E-state index is 10.9. The van der Waals surface area contributed by atoms with Gasteiger partial charge in [0.2, 0.25) is 0 Å². The molecular weight excluding hydrogens is 216 g/mol. The molecule has 1 N–H and O–H groups in total. The first kappa shape index (κ1) is 11.4. The molecular formula is C10H9ClN2O2. The molecule has 0 heterocycles. The molecule has 1 rings (SSSR count). The summed E-state index contributed by atoms with van der Waals surface area (Å²) in [7, 11) is 0. The van der Waals surface area contributed by atoms with Crippen molar-refractivity contribution in [1.29, 1.82) is 0 Å². The Morgan fingerprint density at radius 3 is 2.67 bits per heavy atom. The number of carbonyl (C=O) groups excluding carboxylic acids is 1. The van der Waals surface area contributed by atoms with Gasteiger partial charge in [0.15, 0.2) is 11.5 Å². The Morgan fingerprint density at radius 2 is 2.13 bits per heavy atom. The molecule has 0 aromatic heterocycles. The van der Waals surface area contributed by atoms with Gasteiger partial charge in [-0.1, -0.05) is 23.7 Å². The highest BCUT2D eigenvalue weighted by Gasteiger charge is 2.02. The van der Waals surface area contributed by atoms with Crippen molar-refractivity contribution in [3.63, 3.8) is 0 Å². The molecule has 15 heavy (non-hydrogen) atoms. The molecule has 0 fully saturated rings. The number of Topliss-reactive ketones (excluding diaryl/α,β-unsaturated/α-hetero) is 1. The fourth-order valence-corrected chi connectivity index (χ4v) is 1.00. The van der Waals surface area contributed by atoms with Crippen molar-refractivity contribution in [2.75, 3.05) is 0 Å². The smallest absolute Gasteiger partial charge is 0.183 e. The number of hydrogen-bond donors (Lipinski definition) is 1. The Kier molecular flexibility index (Phi) is 4.00. The fourth-order valence-electron chi connectivity index (χ4n) is 0.828. The summed E-state index contributed by atoms with van der Waals surface area (Å²) in [6, 6.07) is 6.82. The van der Waals surface area contributed by atoms with Crippen LogP contribution in [0, 0.1) is 0 Å². The van der Waals surface area contributed by atoms with Gasteiger partial charge < -0.3 is 5.11 Å². The second-order valence-corrected chi connectivity index (χ2v) is 3.13. The van der Waals surface area contributed by atoms with E-state index < -0.39 is 0 Å². The quantitative estimate of drug-likeness (QED) is 0.486. The molecule has 0 saturated heterocycles. The average Bonchev–Trinajstić information content (AvgIpc) is 2.21. The van der Waals surface area contributed by atoms with Crippen molar-refractivity contribution in [3.8, 4) is 0 Å². The molecule has 0 unspecified atom stereocenters. The fraction of sp³-hybridized carbons (Fsp3) is 0.100. The van der Waals surface area contributed by atoms with Crippen LogP contribution >= 0.6 is 11.6 Å². The molecule has 0 saturated carbocycles. The molecule has 0 aliphatic heterocycles. The number of benzene rings is 1. The zero-order chi connectivity index (χ0) is 11.3. The van der Waals surface area contributed by atoms with Crippen LogP contribution in [-0.2, 0) is 4.79 Å². The largest absolute Gasteiger partial charge is 0.513 e. The normalized spacial score (nSPS) is 12.0. The maximum absolute atomic E-state index is 10.9. The van der Waals surface area contributed by atoms with Crippen LogP contribution in [0.1, 0.15) is 6.92 Å². The number of rotatable bonds is 3. The predicted molar refractivity (Wildman–Crippen MR) is 57.4 cm³/mol. The third-order valence-electron chi connectivity index (χ3n) is 1.60. The van der Waals surface area contributed by atoms with Crippen LogP contribution in [0.5, 0.6) is 0 Å². The van der Waals surface area contributed by atoms with E-state index in [9.17, 15) is 4.79 Å². The number of carbonyl (C=O) groups is 1. The molecule has 5 heteroatoms. The first-order chi connectivity index (χ1) is 7.15. The number of allylic oxidation sites excluding steroid dienone is 1. The third-order valence-corrected chi connectivity index (χ3v) is 1.92. The molecule has 4 nitrogen and oxygen atoms in total. The van der Waals surface area contributed by atoms with E-state index in [0.29, 0.717) is 17.0 Å². The average molecular weight is 225 g/mol. The predicted octanol–water partition coefficient (Wildman–Crippen LogP) is 3.41. The first-order valence-corrected chi connectivity index (χ1v) is 4.54. The lowest BCUT2D eigenvalue weighted by Gasteiger charge is -1.95. The second kappa shape index (κ2) is 5.26. The molecule has 0 atom stereocenters. The van der Waals surface area contributed by atoms with E-state index in [4.69, 9.17) is 16.7 Å². The minimum absolute atomic E-state index is 0.116. The SMILES string of the molecule is CC(=O)/C(=C\O)N=Nc1ccccc1Cl. The van der Waals surface area contributed by atoms with Gasteiger partial charge in [-0.05, 0) is 12.1 Å². The number of ketones is 1. The summed E-state index contributed by atoms with van der Waals surface area (Å²) >= 11 is 5.81. The Balaban J connectivity index is 2.91. The van der Waals surface area contributed by atoms with Gasteiger partial charge in [0.25, 0.3) is 0 Å². The van der Waals surface area contributed by atoms with Crippen LogP contribution in [0.25, 0.3) is 0 Å². The molecule has 1 aromatic rings. The number of hydrogen-bond acceptors (Lipinski definition) is 4. The van der Waals surface area contributed by atoms with Gasteiger partial charge in [-0.3, -0.25) is 4.79 Å². The molecule has 1 aromatic carbocycles. The van der Waals surface area contributed by atoms with Crippen LogP contribution in [-0.4, -0.2) is 10.9 Å². The number of aliphatic hydroxyl groups excluding tert-OH is 1. The number of aliphatic hydroxyl groups is 1. The van der Waals surface area contributed by atoms with E-state index in [-0.39, 0.29) is 11.5 Å². The Bertz CT molecular complexity index is 427. The molecule has 0 spiro atoms. The monoisotopic (exact) mass is 224 g/mol. The summed E-state index contributed by atoms with van der Waals surface area (Å²) in [6.45, 7) is 1.29. The van der Waals surface area contributed by atoms with E-state index in [1.807, 2.05) is 0 Å². The number of nitrogens with zero attached hydrogens (tertiary/aromatic N) is 2. The summed E-state index contributed by atoms with van der Waals surface area (Å²) in [5, 5.41) is 16.4. The second-order valence-electron chi connectivity index (χ2n) is 2.72. The van der Waals surface area contributed by atoms with Crippen LogP contribution in [0.2, 0.25) is 5.02 Å².